The Kier molecular flexibility index (Phi) is 8.86. The summed E-state index contributed by atoms with van der Waals surface area (Å²) in [7, 11) is -1.45. The highest BCUT2D eigenvalue weighted by atomic mass is 31.2. The molecule has 0 amide bonds. The highest BCUT2D eigenvalue weighted by Gasteiger charge is 2.65. The number of alkyl halides is 2. The Hall–Kier alpha value is -3.30. The van der Waals surface area contributed by atoms with Crippen LogP contribution >= 0.6 is 7.75 Å². The fraction of sp³-hybridized carbons (Fsp3) is 0.520. The number of ether oxygens (including phenoxy) is 2. The van der Waals surface area contributed by atoms with Crippen molar-refractivity contribution in [3.63, 3.8) is 0 Å². The van der Waals surface area contributed by atoms with E-state index in [1.54, 1.807) is 46.1 Å². The summed E-state index contributed by atoms with van der Waals surface area (Å²) in [4.78, 5) is 25.2. The number of nitrogens with zero attached hydrogens (tertiary/aromatic N) is 5. The van der Waals surface area contributed by atoms with Gasteiger partial charge in [0.1, 0.15) is 18.4 Å². The molecule has 0 unspecified atom stereocenters. The number of aliphatic hydroxyl groups excluding tert-OH is 1. The van der Waals surface area contributed by atoms with E-state index in [9.17, 15) is 18.9 Å². The summed E-state index contributed by atoms with van der Waals surface area (Å²) >= 11 is 0. The van der Waals surface area contributed by atoms with Crippen molar-refractivity contribution < 1.29 is 46.2 Å². The minimum absolute atomic E-state index is 0.0371. The highest BCUT2D eigenvalue weighted by molar-refractivity contribution is 7.52. The topological polar surface area (TPSA) is 150 Å². The zero-order chi connectivity index (χ0) is 31.0. The molecule has 13 nitrogen and oxygen atoms in total. The van der Waals surface area contributed by atoms with Crippen LogP contribution in [-0.2, 0) is 23.4 Å². The lowest BCUT2D eigenvalue weighted by molar-refractivity contribution is -0.202. The lowest BCUT2D eigenvalue weighted by atomic mass is 9.97. The number of hydrogen-bond donors (Lipinski definition) is 2. The van der Waals surface area contributed by atoms with Gasteiger partial charge in [-0.05, 0) is 39.8 Å². The van der Waals surface area contributed by atoms with Crippen molar-refractivity contribution in [1.82, 2.24) is 24.6 Å². The summed E-state index contributed by atoms with van der Waals surface area (Å²) in [5, 5.41) is 13.1. The molecule has 3 aromatic rings. The molecule has 3 heterocycles. The maximum absolute atomic E-state index is 16.2. The standard InChI is InChI=1S/C25H32F3N6O7P/c1-14(2)39-20(35)15(3)32-42(37,41-16-10-8-7-9-11-16)38-12-25(28)21(36)24(4,27)22(40-25)34-13-29-17-18(33(5)6)30-23(26)31-19(17)34/h7-11,13-15,21-22,36H,12H2,1-6H3,(H,32,37)/t15-,21-,22+,24+,25+,42-/m0/s1. The van der Waals surface area contributed by atoms with Crippen LogP contribution in [-0.4, -0.2) is 81.1 Å². The van der Waals surface area contributed by atoms with Gasteiger partial charge in [-0.15, -0.1) is 0 Å². The average Bonchev–Trinajstić information content (AvgIpc) is 3.39. The Morgan fingerprint density at radius 1 is 1.24 bits per heavy atom. The molecule has 0 bridgehead atoms. The number of nitrogens with one attached hydrogen (secondary N) is 1. The smallest absolute Gasteiger partial charge is 0.459 e. The molecule has 17 heteroatoms. The van der Waals surface area contributed by atoms with Gasteiger partial charge in [0.2, 0.25) is 0 Å². The molecule has 42 heavy (non-hydrogen) atoms. The molecule has 1 aliphatic rings. The van der Waals surface area contributed by atoms with Crippen LogP contribution < -0.4 is 14.5 Å². The monoisotopic (exact) mass is 616 g/mol. The number of imidazole rings is 1. The van der Waals surface area contributed by atoms with Crippen LogP contribution in [0.15, 0.2) is 36.7 Å². The Balaban J connectivity index is 1.62. The number of carbonyl (C=O) groups is 1. The maximum Gasteiger partial charge on any atom is 0.459 e. The summed E-state index contributed by atoms with van der Waals surface area (Å²) in [6, 6.07) is 6.42. The summed E-state index contributed by atoms with van der Waals surface area (Å²) in [6.45, 7) is 4.10. The molecule has 230 valence electrons. The predicted octanol–water partition coefficient (Wildman–Crippen LogP) is 3.45. The van der Waals surface area contributed by atoms with E-state index >= 15 is 8.78 Å². The molecule has 0 radical (unpaired) electrons. The third kappa shape index (κ3) is 6.37. The number of hydrogen-bond acceptors (Lipinski definition) is 11. The van der Waals surface area contributed by atoms with Gasteiger partial charge in [-0.25, -0.2) is 18.3 Å². The van der Waals surface area contributed by atoms with Gasteiger partial charge < -0.3 is 24.0 Å². The second-order valence-corrected chi connectivity index (χ2v) is 12.1. The molecular formula is C25H32F3N6O7P. The summed E-state index contributed by atoms with van der Waals surface area (Å²) in [5.74, 6) is -4.00. The van der Waals surface area contributed by atoms with Crippen molar-refractivity contribution in [2.45, 2.75) is 63.7 Å². The largest absolute Gasteiger partial charge is 0.462 e. The fourth-order valence-electron chi connectivity index (χ4n) is 4.23. The molecule has 2 N–H and O–H groups in total. The van der Waals surface area contributed by atoms with Gasteiger partial charge in [0.05, 0.1) is 12.4 Å². The van der Waals surface area contributed by atoms with Crippen LogP contribution in [0.1, 0.15) is 33.9 Å². The average molecular weight is 617 g/mol. The van der Waals surface area contributed by atoms with E-state index in [1.807, 2.05) is 0 Å². The number of para-hydroxylation sites is 1. The number of anilines is 1. The van der Waals surface area contributed by atoms with Crippen molar-refractivity contribution in [2.75, 3.05) is 25.6 Å². The van der Waals surface area contributed by atoms with E-state index < -0.39 is 62.4 Å². The fourth-order valence-corrected chi connectivity index (χ4v) is 5.73. The van der Waals surface area contributed by atoms with E-state index in [4.69, 9.17) is 18.5 Å². The number of esters is 1. The van der Waals surface area contributed by atoms with Crippen LogP contribution in [0.2, 0.25) is 0 Å². The number of halogens is 3. The van der Waals surface area contributed by atoms with Crippen LogP contribution in [0.3, 0.4) is 0 Å². The first kappa shape index (κ1) is 31.6. The van der Waals surface area contributed by atoms with Gasteiger partial charge in [-0.3, -0.25) is 13.9 Å². The molecule has 2 aromatic heterocycles. The number of aromatic nitrogens is 4. The van der Waals surface area contributed by atoms with Gasteiger partial charge in [0.25, 0.3) is 5.85 Å². The molecule has 1 aromatic carbocycles. The van der Waals surface area contributed by atoms with E-state index in [0.717, 1.165) is 17.8 Å². The Labute approximate surface area is 239 Å². The van der Waals surface area contributed by atoms with Gasteiger partial charge >= 0.3 is 19.8 Å². The lowest BCUT2D eigenvalue weighted by Gasteiger charge is -2.28. The van der Waals surface area contributed by atoms with Crippen LogP contribution in [0, 0.1) is 6.08 Å². The van der Waals surface area contributed by atoms with Crippen molar-refractivity contribution in [3.05, 3.63) is 42.7 Å². The predicted molar refractivity (Wildman–Crippen MR) is 144 cm³/mol. The van der Waals surface area contributed by atoms with E-state index in [1.165, 1.54) is 24.0 Å². The van der Waals surface area contributed by atoms with Gasteiger partial charge in [0, 0.05) is 14.1 Å². The van der Waals surface area contributed by atoms with Crippen LogP contribution in [0.5, 0.6) is 5.75 Å². The molecule has 0 spiro atoms. The van der Waals surface area contributed by atoms with Crippen LogP contribution in [0.25, 0.3) is 11.2 Å². The van der Waals surface area contributed by atoms with Crippen molar-refractivity contribution in [2.24, 2.45) is 0 Å². The SMILES string of the molecule is CC(C)OC(=O)[C@H](C)N[P@](=O)(OC[C@@]1(F)O[C@@H](n2cnc3c(N(C)C)nc(F)nc32)[C@](C)(F)[C@@H]1O)Oc1ccccc1. The number of carbonyl (C=O) groups excluding carboxylic acids is 1. The quantitative estimate of drug-likeness (QED) is 0.185. The lowest BCUT2D eigenvalue weighted by Crippen LogP contribution is -2.47. The summed E-state index contributed by atoms with van der Waals surface area (Å²) < 4.78 is 82.2. The van der Waals surface area contributed by atoms with Crippen molar-refractivity contribution >= 4 is 30.7 Å². The minimum Gasteiger partial charge on any atom is -0.462 e. The first-order valence-corrected chi connectivity index (χ1v) is 14.4. The van der Waals surface area contributed by atoms with Crippen molar-refractivity contribution in [3.8, 4) is 5.75 Å². The minimum atomic E-state index is -4.60. The molecular weight excluding hydrogens is 584 g/mol. The first-order valence-electron chi connectivity index (χ1n) is 12.8. The maximum atomic E-state index is 16.2. The Morgan fingerprint density at radius 2 is 1.90 bits per heavy atom. The third-order valence-electron chi connectivity index (χ3n) is 6.24. The molecule has 1 aliphatic heterocycles. The van der Waals surface area contributed by atoms with E-state index in [2.05, 4.69) is 20.0 Å². The number of benzene rings is 1. The molecule has 6 atom stereocenters. The Morgan fingerprint density at radius 3 is 2.52 bits per heavy atom. The highest BCUT2D eigenvalue weighted by Crippen LogP contribution is 2.52. The Bertz CT molecular complexity index is 1480. The number of fused-ring (bicyclic) bond motifs is 1. The van der Waals surface area contributed by atoms with Crippen molar-refractivity contribution in [1.29, 1.82) is 0 Å². The number of rotatable bonds is 11. The second kappa shape index (κ2) is 11.8. The van der Waals surface area contributed by atoms with Gasteiger partial charge in [-0.1, -0.05) is 18.2 Å². The van der Waals surface area contributed by atoms with Gasteiger partial charge in [-0.2, -0.15) is 19.4 Å². The molecule has 1 fully saturated rings. The molecule has 1 saturated heterocycles. The van der Waals surface area contributed by atoms with E-state index in [0.29, 0.717) is 0 Å². The third-order valence-corrected chi connectivity index (χ3v) is 7.87. The molecule has 0 aliphatic carbocycles. The zero-order valence-electron chi connectivity index (χ0n) is 23.7. The van der Waals surface area contributed by atoms with Gasteiger partial charge in [0.15, 0.2) is 35.0 Å². The van der Waals surface area contributed by atoms with Crippen LogP contribution in [0.4, 0.5) is 19.0 Å². The normalized spacial score (nSPS) is 26.3. The summed E-state index contributed by atoms with van der Waals surface area (Å²) in [6.07, 6.45) is -5.02. The number of aliphatic hydroxyl groups is 1. The second-order valence-electron chi connectivity index (χ2n) is 10.4. The summed E-state index contributed by atoms with van der Waals surface area (Å²) in [5.41, 5.74) is -3.01. The zero-order valence-corrected chi connectivity index (χ0v) is 24.6. The molecule has 4 rings (SSSR count). The molecule has 0 saturated carbocycles. The van der Waals surface area contributed by atoms with E-state index in [-0.39, 0.29) is 22.7 Å². The first-order chi connectivity index (χ1) is 19.6.